The molecule has 1 fully saturated rings. The van der Waals surface area contributed by atoms with Gasteiger partial charge < -0.3 is 5.73 Å². The predicted octanol–water partition coefficient (Wildman–Crippen LogP) is 2.36. The fourth-order valence-electron chi connectivity index (χ4n) is 2.46. The van der Waals surface area contributed by atoms with E-state index in [1.807, 2.05) is 6.26 Å². The van der Waals surface area contributed by atoms with Gasteiger partial charge >= 0.3 is 0 Å². The SMILES string of the molecule is CSC1CCCCC1NS(=O)(=O)c1ccc(N)c(F)c1. The van der Waals surface area contributed by atoms with Crippen LogP contribution in [-0.2, 0) is 10.0 Å². The van der Waals surface area contributed by atoms with Crippen LogP contribution >= 0.6 is 11.8 Å². The van der Waals surface area contributed by atoms with Crippen molar-refractivity contribution < 1.29 is 12.8 Å². The molecular weight excluding hydrogens is 299 g/mol. The fourth-order valence-corrected chi connectivity index (χ4v) is 4.80. The Bertz CT molecular complexity index is 578. The number of nitrogens with two attached hydrogens (primary N) is 1. The topological polar surface area (TPSA) is 72.2 Å². The third-order valence-electron chi connectivity index (χ3n) is 3.59. The Morgan fingerprint density at radius 3 is 2.70 bits per heavy atom. The Morgan fingerprint density at radius 1 is 1.35 bits per heavy atom. The summed E-state index contributed by atoms with van der Waals surface area (Å²) in [5, 5.41) is 0.275. The zero-order chi connectivity index (χ0) is 14.8. The molecule has 2 atom stereocenters. The molecule has 112 valence electrons. The molecule has 1 aromatic carbocycles. The van der Waals surface area contributed by atoms with Crippen LogP contribution < -0.4 is 10.5 Å². The summed E-state index contributed by atoms with van der Waals surface area (Å²) in [7, 11) is -3.70. The lowest BCUT2D eigenvalue weighted by Gasteiger charge is -2.30. The van der Waals surface area contributed by atoms with Crippen LogP contribution in [0.3, 0.4) is 0 Å². The monoisotopic (exact) mass is 318 g/mol. The molecule has 1 aliphatic carbocycles. The van der Waals surface area contributed by atoms with Gasteiger partial charge in [-0.3, -0.25) is 0 Å². The molecule has 1 saturated carbocycles. The van der Waals surface area contributed by atoms with E-state index in [2.05, 4.69) is 4.72 Å². The zero-order valence-corrected chi connectivity index (χ0v) is 12.9. The standard InChI is InChI=1S/C13H19FN2O2S2/c1-19-13-5-3-2-4-12(13)16-20(17,18)9-6-7-11(15)10(14)8-9/h6-8,12-13,16H,2-5,15H2,1H3. The Balaban J connectivity index is 2.19. The van der Waals surface area contributed by atoms with Gasteiger partial charge in [0.25, 0.3) is 0 Å². The summed E-state index contributed by atoms with van der Waals surface area (Å²) in [5.41, 5.74) is 5.31. The number of halogens is 1. The highest BCUT2D eigenvalue weighted by atomic mass is 32.2. The maximum atomic E-state index is 13.4. The second-order valence-electron chi connectivity index (χ2n) is 4.97. The summed E-state index contributed by atoms with van der Waals surface area (Å²) >= 11 is 1.67. The fraction of sp³-hybridized carbons (Fsp3) is 0.538. The minimum absolute atomic E-state index is 0.0522. The van der Waals surface area contributed by atoms with Gasteiger partial charge in [0, 0.05) is 11.3 Å². The van der Waals surface area contributed by atoms with E-state index in [-0.39, 0.29) is 21.9 Å². The Hall–Kier alpha value is -0.790. The molecule has 2 rings (SSSR count). The van der Waals surface area contributed by atoms with Crippen molar-refractivity contribution >= 4 is 27.5 Å². The zero-order valence-electron chi connectivity index (χ0n) is 11.3. The number of benzene rings is 1. The molecule has 0 saturated heterocycles. The molecule has 0 spiro atoms. The van der Waals surface area contributed by atoms with Crippen molar-refractivity contribution in [2.24, 2.45) is 0 Å². The van der Waals surface area contributed by atoms with Crippen molar-refractivity contribution in [3.8, 4) is 0 Å². The number of thioether (sulfide) groups is 1. The summed E-state index contributed by atoms with van der Waals surface area (Å²) in [6.07, 6.45) is 5.95. The van der Waals surface area contributed by atoms with Crippen molar-refractivity contribution in [3.63, 3.8) is 0 Å². The van der Waals surface area contributed by atoms with Crippen LogP contribution in [0.25, 0.3) is 0 Å². The molecule has 3 N–H and O–H groups in total. The second-order valence-corrected chi connectivity index (χ2v) is 7.76. The number of nitrogens with one attached hydrogen (secondary N) is 1. The van der Waals surface area contributed by atoms with Gasteiger partial charge in [-0.1, -0.05) is 12.8 Å². The molecule has 0 radical (unpaired) electrons. The van der Waals surface area contributed by atoms with Gasteiger partial charge in [-0.25, -0.2) is 17.5 Å². The molecule has 0 aromatic heterocycles. The Morgan fingerprint density at radius 2 is 2.05 bits per heavy atom. The summed E-state index contributed by atoms with van der Waals surface area (Å²) in [5.74, 6) is -0.710. The van der Waals surface area contributed by atoms with Gasteiger partial charge in [0.15, 0.2) is 0 Å². The number of hydrogen-bond donors (Lipinski definition) is 2. The van der Waals surface area contributed by atoms with Gasteiger partial charge in [-0.15, -0.1) is 0 Å². The van der Waals surface area contributed by atoms with E-state index in [4.69, 9.17) is 5.73 Å². The number of anilines is 1. The summed E-state index contributed by atoms with van der Waals surface area (Å²) < 4.78 is 40.7. The minimum atomic E-state index is -3.70. The first kappa shape index (κ1) is 15.6. The van der Waals surface area contributed by atoms with E-state index in [0.717, 1.165) is 31.7 Å². The number of rotatable bonds is 4. The molecule has 0 aliphatic heterocycles. The average molecular weight is 318 g/mol. The quantitative estimate of drug-likeness (QED) is 0.836. The van der Waals surface area contributed by atoms with E-state index in [9.17, 15) is 12.8 Å². The molecule has 0 heterocycles. The third-order valence-corrected chi connectivity index (χ3v) is 6.25. The second kappa shape index (κ2) is 6.32. The maximum absolute atomic E-state index is 13.4. The smallest absolute Gasteiger partial charge is 0.240 e. The predicted molar refractivity (Wildman–Crippen MR) is 80.7 cm³/mol. The first-order valence-corrected chi connectivity index (χ1v) is 9.31. The third kappa shape index (κ3) is 3.45. The normalized spacial score (nSPS) is 23.7. The lowest BCUT2D eigenvalue weighted by molar-refractivity contribution is 0.423. The van der Waals surface area contributed by atoms with Gasteiger partial charge in [-0.05, 0) is 37.3 Å². The largest absolute Gasteiger partial charge is 0.396 e. The van der Waals surface area contributed by atoms with Crippen LogP contribution in [0.5, 0.6) is 0 Å². The molecule has 2 unspecified atom stereocenters. The Kier molecular flexibility index (Phi) is 4.93. The van der Waals surface area contributed by atoms with Crippen molar-refractivity contribution in [1.29, 1.82) is 0 Å². The maximum Gasteiger partial charge on any atom is 0.240 e. The van der Waals surface area contributed by atoms with Crippen LogP contribution in [0, 0.1) is 5.82 Å². The molecule has 1 aliphatic rings. The molecular formula is C13H19FN2O2S2. The van der Waals surface area contributed by atoms with E-state index in [0.29, 0.717) is 0 Å². The molecule has 4 nitrogen and oxygen atoms in total. The van der Waals surface area contributed by atoms with Gasteiger partial charge in [0.05, 0.1) is 10.6 Å². The molecule has 0 amide bonds. The van der Waals surface area contributed by atoms with Crippen molar-refractivity contribution in [2.45, 2.75) is 41.9 Å². The van der Waals surface area contributed by atoms with Crippen LogP contribution in [0.4, 0.5) is 10.1 Å². The number of nitrogen functional groups attached to an aromatic ring is 1. The summed E-state index contributed by atoms with van der Waals surface area (Å²) in [6.45, 7) is 0. The van der Waals surface area contributed by atoms with Crippen LogP contribution in [0.1, 0.15) is 25.7 Å². The van der Waals surface area contributed by atoms with Crippen molar-refractivity contribution in [1.82, 2.24) is 4.72 Å². The highest BCUT2D eigenvalue weighted by Gasteiger charge is 2.29. The van der Waals surface area contributed by atoms with Crippen LogP contribution in [0.2, 0.25) is 0 Å². The van der Waals surface area contributed by atoms with Crippen LogP contribution in [-0.4, -0.2) is 26.0 Å². The molecule has 0 bridgehead atoms. The number of sulfonamides is 1. The van der Waals surface area contributed by atoms with E-state index >= 15 is 0 Å². The van der Waals surface area contributed by atoms with Gasteiger partial charge in [-0.2, -0.15) is 11.8 Å². The van der Waals surface area contributed by atoms with Crippen LogP contribution in [0.15, 0.2) is 23.1 Å². The van der Waals surface area contributed by atoms with Gasteiger partial charge in [0.2, 0.25) is 10.0 Å². The average Bonchev–Trinajstić information content (AvgIpc) is 2.42. The van der Waals surface area contributed by atoms with E-state index in [1.54, 1.807) is 11.8 Å². The lowest BCUT2D eigenvalue weighted by Crippen LogP contribution is -2.43. The van der Waals surface area contributed by atoms with E-state index in [1.165, 1.54) is 12.1 Å². The number of hydrogen-bond acceptors (Lipinski definition) is 4. The summed E-state index contributed by atoms with van der Waals surface area (Å²) in [4.78, 5) is -0.0744. The molecule has 1 aromatic rings. The molecule has 7 heteroatoms. The first-order valence-electron chi connectivity index (χ1n) is 6.54. The summed E-state index contributed by atoms with van der Waals surface area (Å²) in [6, 6.07) is 3.48. The van der Waals surface area contributed by atoms with E-state index < -0.39 is 15.8 Å². The van der Waals surface area contributed by atoms with Crippen molar-refractivity contribution in [2.75, 3.05) is 12.0 Å². The lowest BCUT2D eigenvalue weighted by atomic mass is 9.96. The Labute approximate surface area is 123 Å². The highest BCUT2D eigenvalue weighted by Crippen LogP contribution is 2.28. The first-order chi connectivity index (χ1) is 9.44. The molecule has 20 heavy (non-hydrogen) atoms. The minimum Gasteiger partial charge on any atom is -0.396 e. The van der Waals surface area contributed by atoms with Gasteiger partial charge in [0.1, 0.15) is 5.82 Å². The van der Waals surface area contributed by atoms with Crippen molar-refractivity contribution in [3.05, 3.63) is 24.0 Å². The highest BCUT2D eigenvalue weighted by molar-refractivity contribution is 7.99.